The molecule has 5 heteroatoms. The van der Waals surface area contributed by atoms with Crippen molar-refractivity contribution in [2.24, 2.45) is 0 Å². The molecule has 0 aliphatic rings. The fourth-order valence-electron chi connectivity index (χ4n) is 2.12. The third kappa shape index (κ3) is 3.10. The zero-order valence-electron chi connectivity index (χ0n) is 12.4. The summed E-state index contributed by atoms with van der Waals surface area (Å²) in [6.07, 6.45) is 3.01. The fraction of sp³-hybridized carbons (Fsp3) is 0.467. The van der Waals surface area contributed by atoms with Gasteiger partial charge >= 0.3 is 0 Å². The molecule has 2 heterocycles. The molecule has 0 bridgehead atoms. The predicted octanol–water partition coefficient (Wildman–Crippen LogP) is 3.71. The Balaban J connectivity index is 2.21. The topological polar surface area (TPSA) is 42.7 Å². The van der Waals surface area contributed by atoms with Crippen molar-refractivity contribution in [1.29, 1.82) is 0 Å². The second-order valence-corrected chi connectivity index (χ2v) is 5.81. The molecule has 2 rings (SSSR count). The van der Waals surface area contributed by atoms with E-state index in [1.165, 1.54) is 0 Å². The Kier molecular flexibility index (Phi) is 4.94. The van der Waals surface area contributed by atoms with E-state index in [-0.39, 0.29) is 6.04 Å². The first-order valence-corrected chi connectivity index (χ1v) is 7.75. The van der Waals surface area contributed by atoms with Gasteiger partial charge in [-0.3, -0.25) is 4.98 Å². The van der Waals surface area contributed by atoms with Crippen molar-refractivity contribution in [1.82, 2.24) is 20.1 Å². The molecule has 1 N–H and O–H groups in total. The summed E-state index contributed by atoms with van der Waals surface area (Å²) in [6.45, 7) is 9.35. The molecular weight excluding hydrogens is 316 g/mol. The maximum atomic E-state index is 4.55. The zero-order chi connectivity index (χ0) is 14.7. The number of aromatic nitrogens is 3. The second kappa shape index (κ2) is 6.50. The average molecular weight is 337 g/mol. The lowest BCUT2D eigenvalue weighted by Gasteiger charge is -2.13. The molecule has 0 fully saturated rings. The molecule has 1 unspecified atom stereocenters. The van der Waals surface area contributed by atoms with Gasteiger partial charge < -0.3 is 5.32 Å². The molecule has 0 aromatic carbocycles. The lowest BCUT2D eigenvalue weighted by Crippen LogP contribution is -2.20. The van der Waals surface area contributed by atoms with E-state index in [1.54, 1.807) is 0 Å². The normalized spacial score (nSPS) is 12.7. The van der Waals surface area contributed by atoms with Crippen LogP contribution < -0.4 is 5.32 Å². The summed E-state index contributed by atoms with van der Waals surface area (Å²) in [7, 11) is 0. The van der Waals surface area contributed by atoms with Crippen molar-refractivity contribution in [3.05, 3.63) is 39.9 Å². The van der Waals surface area contributed by atoms with Crippen molar-refractivity contribution in [3.63, 3.8) is 0 Å². The summed E-state index contributed by atoms with van der Waals surface area (Å²) in [5, 5.41) is 7.96. The minimum absolute atomic E-state index is 0.274. The minimum atomic E-state index is 0.274. The van der Waals surface area contributed by atoms with Crippen LogP contribution in [0.2, 0.25) is 0 Å². The third-order valence-electron chi connectivity index (χ3n) is 3.36. The van der Waals surface area contributed by atoms with Gasteiger partial charge in [-0.2, -0.15) is 5.10 Å². The van der Waals surface area contributed by atoms with E-state index in [1.807, 2.05) is 24.7 Å². The van der Waals surface area contributed by atoms with Gasteiger partial charge in [-0.1, -0.05) is 6.92 Å². The summed E-state index contributed by atoms with van der Waals surface area (Å²) in [4.78, 5) is 4.55. The molecule has 0 spiro atoms. The van der Waals surface area contributed by atoms with Gasteiger partial charge in [-0.15, -0.1) is 0 Å². The number of nitrogens with zero attached hydrogens (tertiary/aromatic N) is 3. The van der Waals surface area contributed by atoms with Gasteiger partial charge in [0.2, 0.25) is 0 Å². The standard InChI is InChI=1S/C15H21BrN4/c1-5-8-17-10(2)14-7-6-13(9-18-14)20-12(4)15(16)11(3)19-20/h6-7,9-10,17H,5,8H2,1-4H3. The van der Waals surface area contributed by atoms with Gasteiger partial charge in [0.1, 0.15) is 0 Å². The van der Waals surface area contributed by atoms with E-state index >= 15 is 0 Å². The average Bonchev–Trinajstić information content (AvgIpc) is 2.72. The number of halogens is 1. The highest BCUT2D eigenvalue weighted by molar-refractivity contribution is 9.10. The molecular formula is C15H21BrN4. The van der Waals surface area contributed by atoms with Gasteiger partial charge in [0.05, 0.1) is 33.4 Å². The maximum absolute atomic E-state index is 4.55. The summed E-state index contributed by atoms with van der Waals surface area (Å²) >= 11 is 3.55. The number of hydrogen-bond acceptors (Lipinski definition) is 3. The van der Waals surface area contributed by atoms with Crippen LogP contribution in [0.5, 0.6) is 0 Å². The number of aryl methyl sites for hydroxylation is 1. The summed E-state index contributed by atoms with van der Waals surface area (Å²) in [5.41, 5.74) is 4.13. The van der Waals surface area contributed by atoms with Crippen molar-refractivity contribution in [2.75, 3.05) is 6.54 Å². The third-order valence-corrected chi connectivity index (χ3v) is 4.51. The summed E-state index contributed by atoms with van der Waals surface area (Å²) in [5.74, 6) is 0. The van der Waals surface area contributed by atoms with Crippen LogP contribution in [0.1, 0.15) is 43.4 Å². The predicted molar refractivity (Wildman–Crippen MR) is 85.2 cm³/mol. The molecule has 108 valence electrons. The number of nitrogens with one attached hydrogen (secondary N) is 1. The van der Waals surface area contributed by atoms with Gasteiger partial charge in [-0.25, -0.2) is 4.68 Å². The first kappa shape index (κ1) is 15.2. The molecule has 2 aromatic rings. The maximum Gasteiger partial charge on any atom is 0.0832 e. The lowest BCUT2D eigenvalue weighted by atomic mass is 10.2. The van der Waals surface area contributed by atoms with Crippen LogP contribution in [0, 0.1) is 13.8 Å². The van der Waals surface area contributed by atoms with Crippen molar-refractivity contribution in [2.45, 2.75) is 40.2 Å². The van der Waals surface area contributed by atoms with Gasteiger partial charge in [0.25, 0.3) is 0 Å². The van der Waals surface area contributed by atoms with Crippen LogP contribution in [0.15, 0.2) is 22.8 Å². The minimum Gasteiger partial charge on any atom is -0.309 e. The van der Waals surface area contributed by atoms with Crippen LogP contribution >= 0.6 is 15.9 Å². The molecule has 0 aliphatic carbocycles. The van der Waals surface area contributed by atoms with Crippen molar-refractivity contribution in [3.8, 4) is 5.69 Å². The van der Waals surface area contributed by atoms with Crippen molar-refractivity contribution >= 4 is 15.9 Å². The number of hydrogen-bond donors (Lipinski definition) is 1. The van der Waals surface area contributed by atoms with Gasteiger partial charge in [0.15, 0.2) is 0 Å². The first-order chi connectivity index (χ1) is 9.54. The Hall–Kier alpha value is -1.20. The molecule has 2 aromatic heterocycles. The van der Waals surface area contributed by atoms with Crippen LogP contribution in [-0.4, -0.2) is 21.3 Å². The fourth-order valence-corrected chi connectivity index (χ4v) is 2.37. The number of rotatable bonds is 5. The monoisotopic (exact) mass is 336 g/mol. The quantitative estimate of drug-likeness (QED) is 0.904. The van der Waals surface area contributed by atoms with E-state index in [2.05, 4.69) is 57.3 Å². The number of pyridine rings is 1. The molecule has 0 saturated carbocycles. The lowest BCUT2D eigenvalue weighted by molar-refractivity contribution is 0.558. The van der Waals surface area contributed by atoms with Crippen LogP contribution in [0.3, 0.4) is 0 Å². The Morgan fingerprint density at radius 2 is 2.10 bits per heavy atom. The molecule has 0 saturated heterocycles. The Morgan fingerprint density at radius 1 is 1.35 bits per heavy atom. The first-order valence-electron chi connectivity index (χ1n) is 6.96. The van der Waals surface area contributed by atoms with Crippen LogP contribution in [-0.2, 0) is 0 Å². The van der Waals surface area contributed by atoms with E-state index in [9.17, 15) is 0 Å². The Bertz CT molecular complexity index is 574. The largest absolute Gasteiger partial charge is 0.309 e. The summed E-state index contributed by atoms with van der Waals surface area (Å²) < 4.78 is 2.97. The van der Waals surface area contributed by atoms with Crippen molar-refractivity contribution < 1.29 is 0 Å². The highest BCUT2D eigenvalue weighted by atomic mass is 79.9. The van der Waals surface area contributed by atoms with Gasteiger partial charge in [-0.05, 0) is 61.8 Å². The highest BCUT2D eigenvalue weighted by Crippen LogP contribution is 2.23. The van der Waals surface area contributed by atoms with Crippen LogP contribution in [0.25, 0.3) is 5.69 Å². The van der Waals surface area contributed by atoms with Crippen LogP contribution in [0.4, 0.5) is 0 Å². The molecule has 20 heavy (non-hydrogen) atoms. The van der Waals surface area contributed by atoms with E-state index < -0.39 is 0 Å². The summed E-state index contributed by atoms with van der Waals surface area (Å²) in [6, 6.07) is 4.40. The smallest absolute Gasteiger partial charge is 0.0832 e. The Morgan fingerprint density at radius 3 is 2.60 bits per heavy atom. The van der Waals surface area contributed by atoms with E-state index in [4.69, 9.17) is 0 Å². The van der Waals surface area contributed by atoms with E-state index in [0.717, 1.165) is 40.2 Å². The molecule has 0 amide bonds. The molecule has 0 radical (unpaired) electrons. The van der Waals surface area contributed by atoms with E-state index in [0.29, 0.717) is 0 Å². The second-order valence-electron chi connectivity index (χ2n) is 5.01. The van der Waals surface area contributed by atoms with Gasteiger partial charge in [0, 0.05) is 6.04 Å². The Labute approximate surface area is 128 Å². The molecule has 1 atom stereocenters. The zero-order valence-corrected chi connectivity index (χ0v) is 14.0. The SMILES string of the molecule is CCCNC(C)c1ccc(-n2nc(C)c(Br)c2C)cn1. The molecule has 4 nitrogen and oxygen atoms in total. The molecule has 0 aliphatic heterocycles. The highest BCUT2D eigenvalue weighted by Gasteiger charge is 2.11.